The Morgan fingerprint density at radius 2 is 0.893 bits per heavy atom. The van der Waals surface area contributed by atoms with Gasteiger partial charge in [0, 0.05) is 26.6 Å². The third-order valence-corrected chi connectivity index (χ3v) is 3.56. The summed E-state index contributed by atoms with van der Waals surface area (Å²) in [5.74, 6) is 0.319. The summed E-state index contributed by atoms with van der Waals surface area (Å²) < 4.78 is 37.1. The molecule has 0 heterocycles. The molecule has 0 saturated heterocycles. The van der Waals surface area contributed by atoms with Crippen molar-refractivity contribution >= 4 is 5.78 Å². The summed E-state index contributed by atoms with van der Waals surface area (Å²) in [5.41, 5.74) is 0. The molecule has 0 saturated carbocycles. The van der Waals surface area contributed by atoms with Gasteiger partial charge in [-0.2, -0.15) is 0 Å². The Morgan fingerprint density at radius 3 is 1.25 bits per heavy atom. The minimum atomic E-state index is 0.319. The Hall–Kier alpha value is -0.610. The SMILES string of the molecule is CCCC(=O)CCCOCCOCCOCCOCCOCCOCCOC. The van der Waals surface area contributed by atoms with Gasteiger partial charge >= 0.3 is 0 Å². The third-order valence-electron chi connectivity index (χ3n) is 3.56. The maximum atomic E-state index is 11.3. The van der Waals surface area contributed by atoms with E-state index in [-0.39, 0.29) is 0 Å². The predicted octanol–water partition coefficient (Wildman–Crippen LogP) is 1.88. The van der Waals surface area contributed by atoms with E-state index < -0.39 is 0 Å². The summed E-state index contributed by atoms with van der Waals surface area (Å²) >= 11 is 0. The quantitative estimate of drug-likeness (QED) is 0.224. The molecule has 0 rings (SSSR count). The van der Waals surface area contributed by atoms with Crippen LogP contribution in [0.25, 0.3) is 0 Å². The number of carbonyl (C=O) groups is 1. The first-order chi connectivity index (χ1) is 13.8. The van der Waals surface area contributed by atoms with Crippen molar-refractivity contribution < 1.29 is 38.0 Å². The van der Waals surface area contributed by atoms with Gasteiger partial charge in [-0.15, -0.1) is 0 Å². The van der Waals surface area contributed by atoms with Crippen molar-refractivity contribution in [3.63, 3.8) is 0 Å². The van der Waals surface area contributed by atoms with Gasteiger partial charge in [-0.05, 0) is 12.8 Å². The van der Waals surface area contributed by atoms with Gasteiger partial charge in [-0.1, -0.05) is 6.92 Å². The Labute approximate surface area is 170 Å². The van der Waals surface area contributed by atoms with Gasteiger partial charge in [0.05, 0.1) is 79.3 Å². The molecule has 0 atom stereocenters. The Bertz CT molecular complexity index is 315. The zero-order valence-corrected chi connectivity index (χ0v) is 17.8. The van der Waals surface area contributed by atoms with Crippen molar-refractivity contribution in [1.82, 2.24) is 0 Å². The molecule has 0 aliphatic rings. The molecular weight excluding hydrogens is 368 g/mol. The smallest absolute Gasteiger partial charge is 0.132 e. The van der Waals surface area contributed by atoms with Gasteiger partial charge < -0.3 is 33.2 Å². The highest BCUT2D eigenvalue weighted by atomic mass is 16.6. The van der Waals surface area contributed by atoms with Gasteiger partial charge in [0.15, 0.2) is 0 Å². The zero-order chi connectivity index (χ0) is 20.5. The summed E-state index contributed by atoms with van der Waals surface area (Å²) in [5, 5.41) is 0. The van der Waals surface area contributed by atoms with Crippen LogP contribution in [0.5, 0.6) is 0 Å². The van der Waals surface area contributed by atoms with Crippen molar-refractivity contribution in [3.8, 4) is 0 Å². The van der Waals surface area contributed by atoms with Crippen LogP contribution in [0, 0.1) is 0 Å². The van der Waals surface area contributed by atoms with E-state index in [4.69, 9.17) is 33.2 Å². The van der Waals surface area contributed by atoms with E-state index in [0.717, 1.165) is 12.8 Å². The second-order valence-electron chi connectivity index (χ2n) is 6.06. The topological polar surface area (TPSA) is 81.7 Å². The summed E-state index contributed by atoms with van der Waals surface area (Å²) in [7, 11) is 1.65. The Morgan fingerprint density at radius 1 is 0.536 bits per heavy atom. The molecule has 8 heteroatoms. The summed E-state index contributed by atoms with van der Waals surface area (Å²) in [6, 6.07) is 0. The molecule has 0 spiro atoms. The minimum Gasteiger partial charge on any atom is -0.382 e. The summed E-state index contributed by atoms with van der Waals surface area (Å²) in [4.78, 5) is 11.3. The molecule has 0 aromatic rings. The average Bonchev–Trinajstić information content (AvgIpc) is 2.69. The number of rotatable bonds is 24. The van der Waals surface area contributed by atoms with Crippen LogP contribution in [0.3, 0.4) is 0 Å². The predicted molar refractivity (Wildman–Crippen MR) is 106 cm³/mol. The standard InChI is InChI=1S/C20H40O8/c1-3-5-20(21)6-4-7-23-10-11-25-14-15-27-18-19-28-17-16-26-13-12-24-9-8-22-2/h3-19H2,1-2H3. The lowest BCUT2D eigenvalue weighted by molar-refractivity contribution is -0.119. The Balaban J connectivity index is 3.02. The first-order valence-corrected chi connectivity index (χ1v) is 10.3. The lowest BCUT2D eigenvalue weighted by Gasteiger charge is -2.08. The van der Waals surface area contributed by atoms with E-state index in [1.165, 1.54) is 0 Å². The first kappa shape index (κ1) is 27.4. The van der Waals surface area contributed by atoms with E-state index in [9.17, 15) is 4.79 Å². The zero-order valence-electron chi connectivity index (χ0n) is 17.8. The molecule has 0 radical (unpaired) electrons. The molecule has 0 aromatic heterocycles. The average molecular weight is 409 g/mol. The van der Waals surface area contributed by atoms with Crippen molar-refractivity contribution in [2.45, 2.75) is 32.6 Å². The van der Waals surface area contributed by atoms with Crippen LogP contribution in [-0.2, 0) is 38.0 Å². The van der Waals surface area contributed by atoms with Crippen LogP contribution in [-0.4, -0.2) is 98.8 Å². The minimum absolute atomic E-state index is 0.319. The molecule has 168 valence electrons. The van der Waals surface area contributed by atoms with Gasteiger partial charge in [0.2, 0.25) is 0 Å². The molecule has 0 amide bonds. The fourth-order valence-corrected chi connectivity index (χ4v) is 2.12. The maximum Gasteiger partial charge on any atom is 0.132 e. The number of Topliss-reactive ketones (excluding diaryl/α,β-unsaturated/α-hetero) is 1. The summed E-state index contributed by atoms with van der Waals surface area (Å²) in [6.07, 6.45) is 2.99. The largest absolute Gasteiger partial charge is 0.382 e. The first-order valence-electron chi connectivity index (χ1n) is 10.3. The fraction of sp³-hybridized carbons (Fsp3) is 0.950. The number of hydrogen-bond donors (Lipinski definition) is 0. The van der Waals surface area contributed by atoms with Crippen LogP contribution >= 0.6 is 0 Å². The van der Waals surface area contributed by atoms with Crippen molar-refractivity contribution in [1.29, 1.82) is 0 Å². The van der Waals surface area contributed by atoms with Crippen LogP contribution in [0.2, 0.25) is 0 Å². The molecule has 28 heavy (non-hydrogen) atoms. The van der Waals surface area contributed by atoms with Gasteiger partial charge in [0.1, 0.15) is 5.78 Å². The normalized spacial score (nSPS) is 11.2. The van der Waals surface area contributed by atoms with E-state index in [0.29, 0.717) is 105 Å². The molecule has 0 unspecified atom stereocenters. The third kappa shape index (κ3) is 23.4. The van der Waals surface area contributed by atoms with E-state index in [2.05, 4.69) is 0 Å². The van der Waals surface area contributed by atoms with Crippen molar-refractivity contribution in [2.24, 2.45) is 0 Å². The van der Waals surface area contributed by atoms with Crippen LogP contribution in [0.1, 0.15) is 32.6 Å². The number of carbonyl (C=O) groups excluding carboxylic acids is 1. The molecule has 0 fully saturated rings. The highest BCUT2D eigenvalue weighted by molar-refractivity contribution is 5.78. The monoisotopic (exact) mass is 408 g/mol. The number of hydrogen-bond acceptors (Lipinski definition) is 8. The second kappa shape index (κ2) is 24.4. The fourth-order valence-electron chi connectivity index (χ4n) is 2.12. The van der Waals surface area contributed by atoms with E-state index in [1.54, 1.807) is 7.11 Å². The lowest BCUT2D eigenvalue weighted by atomic mass is 10.1. The van der Waals surface area contributed by atoms with E-state index >= 15 is 0 Å². The van der Waals surface area contributed by atoms with Crippen LogP contribution in [0.15, 0.2) is 0 Å². The van der Waals surface area contributed by atoms with Crippen molar-refractivity contribution in [2.75, 3.05) is 93.0 Å². The molecule has 0 bridgehead atoms. The molecule has 0 aliphatic heterocycles. The second-order valence-corrected chi connectivity index (χ2v) is 6.06. The number of ether oxygens (including phenoxy) is 7. The lowest BCUT2D eigenvalue weighted by Crippen LogP contribution is -2.14. The van der Waals surface area contributed by atoms with E-state index in [1.807, 2.05) is 6.92 Å². The summed E-state index contributed by atoms with van der Waals surface area (Å²) in [6.45, 7) is 9.24. The molecule has 0 N–H and O–H groups in total. The van der Waals surface area contributed by atoms with Crippen molar-refractivity contribution in [3.05, 3.63) is 0 Å². The van der Waals surface area contributed by atoms with Gasteiger partial charge in [-0.25, -0.2) is 0 Å². The van der Waals surface area contributed by atoms with Crippen LogP contribution in [0.4, 0.5) is 0 Å². The molecule has 0 aromatic carbocycles. The number of methoxy groups -OCH3 is 1. The molecular formula is C20H40O8. The Kier molecular flexibility index (Phi) is 23.9. The van der Waals surface area contributed by atoms with Crippen LogP contribution < -0.4 is 0 Å². The number of ketones is 1. The highest BCUT2D eigenvalue weighted by Crippen LogP contribution is 1.98. The maximum absolute atomic E-state index is 11.3. The molecule has 0 aliphatic carbocycles. The highest BCUT2D eigenvalue weighted by Gasteiger charge is 1.99. The van der Waals surface area contributed by atoms with Gasteiger partial charge in [0.25, 0.3) is 0 Å². The van der Waals surface area contributed by atoms with Gasteiger partial charge in [-0.3, -0.25) is 4.79 Å². The molecule has 8 nitrogen and oxygen atoms in total.